The number of hydrogen-bond acceptors (Lipinski definition) is 2. The number of rotatable bonds is 3. The lowest BCUT2D eigenvalue weighted by atomic mass is 9.89. The van der Waals surface area contributed by atoms with Crippen LogP contribution >= 0.6 is 11.6 Å². The summed E-state index contributed by atoms with van der Waals surface area (Å²) >= 11 is 5.81. The predicted octanol–water partition coefficient (Wildman–Crippen LogP) is 1.62. The monoisotopic (exact) mass is 245 g/mol. The number of halogens is 1. The summed E-state index contributed by atoms with van der Waals surface area (Å²) < 4.78 is 0. The summed E-state index contributed by atoms with van der Waals surface area (Å²) in [6.45, 7) is 3.05. The lowest BCUT2D eigenvalue weighted by molar-refractivity contribution is -0.134. The van der Waals surface area contributed by atoms with E-state index in [-0.39, 0.29) is 17.9 Å². The summed E-state index contributed by atoms with van der Waals surface area (Å²) in [6.07, 6.45) is 4.14. The molecule has 0 spiro atoms. The van der Waals surface area contributed by atoms with Gasteiger partial charge in [-0.3, -0.25) is 4.79 Å². The van der Waals surface area contributed by atoms with Gasteiger partial charge in [0.05, 0.1) is 6.10 Å². The van der Waals surface area contributed by atoms with Crippen molar-refractivity contribution in [2.24, 2.45) is 11.8 Å². The van der Waals surface area contributed by atoms with Gasteiger partial charge in [-0.1, -0.05) is 12.8 Å². The zero-order valence-electron chi connectivity index (χ0n) is 9.73. The van der Waals surface area contributed by atoms with Crippen LogP contribution in [-0.4, -0.2) is 40.5 Å². The topological polar surface area (TPSA) is 40.5 Å². The summed E-state index contributed by atoms with van der Waals surface area (Å²) in [6, 6.07) is 0. The molecule has 92 valence electrons. The highest BCUT2D eigenvalue weighted by atomic mass is 35.5. The number of nitrogens with zero attached hydrogens (tertiary/aromatic N) is 1. The number of aliphatic hydroxyl groups is 1. The molecule has 1 saturated carbocycles. The second-order valence-electron chi connectivity index (χ2n) is 5.20. The van der Waals surface area contributed by atoms with Crippen molar-refractivity contribution in [2.75, 3.05) is 13.1 Å². The van der Waals surface area contributed by atoms with Crippen molar-refractivity contribution < 1.29 is 9.90 Å². The Bertz CT molecular complexity index is 266. The van der Waals surface area contributed by atoms with E-state index < -0.39 is 5.38 Å². The number of likely N-dealkylation sites (tertiary alicyclic amines) is 1. The van der Waals surface area contributed by atoms with Crippen LogP contribution in [0.4, 0.5) is 0 Å². The first-order chi connectivity index (χ1) is 7.58. The van der Waals surface area contributed by atoms with Crippen LogP contribution in [0.1, 0.15) is 32.6 Å². The fraction of sp³-hybridized carbons (Fsp3) is 0.917. The maximum absolute atomic E-state index is 11.8. The number of piperidine rings is 1. The van der Waals surface area contributed by atoms with Crippen molar-refractivity contribution in [3.63, 3.8) is 0 Å². The average Bonchev–Trinajstić information content (AvgIpc) is 3.04. The quantitative estimate of drug-likeness (QED) is 0.768. The molecular formula is C12H20ClNO2. The lowest BCUT2D eigenvalue weighted by Crippen LogP contribution is -2.48. The maximum Gasteiger partial charge on any atom is 0.240 e. The van der Waals surface area contributed by atoms with Gasteiger partial charge in [-0.05, 0) is 25.7 Å². The number of aliphatic hydroxyl groups excluding tert-OH is 1. The van der Waals surface area contributed by atoms with E-state index in [2.05, 4.69) is 0 Å². The van der Waals surface area contributed by atoms with E-state index in [1.807, 2.05) is 4.90 Å². The minimum Gasteiger partial charge on any atom is -0.393 e. The molecule has 1 heterocycles. The third-order valence-corrected chi connectivity index (χ3v) is 3.87. The van der Waals surface area contributed by atoms with E-state index in [0.29, 0.717) is 19.5 Å². The number of carbonyl (C=O) groups excluding carboxylic acids is 1. The smallest absolute Gasteiger partial charge is 0.240 e. The van der Waals surface area contributed by atoms with E-state index >= 15 is 0 Å². The Balaban J connectivity index is 1.90. The molecule has 16 heavy (non-hydrogen) atoms. The van der Waals surface area contributed by atoms with Crippen LogP contribution in [0.15, 0.2) is 0 Å². The molecule has 2 rings (SSSR count). The van der Waals surface area contributed by atoms with Gasteiger partial charge in [-0.15, -0.1) is 11.6 Å². The molecule has 0 aromatic heterocycles. The van der Waals surface area contributed by atoms with Crippen molar-refractivity contribution >= 4 is 17.5 Å². The van der Waals surface area contributed by atoms with E-state index in [1.54, 1.807) is 6.92 Å². The highest BCUT2D eigenvalue weighted by molar-refractivity contribution is 6.30. The van der Waals surface area contributed by atoms with Gasteiger partial charge in [0.2, 0.25) is 5.91 Å². The molecule has 1 amide bonds. The third kappa shape index (κ3) is 2.89. The molecule has 0 aromatic carbocycles. The molecule has 2 fully saturated rings. The van der Waals surface area contributed by atoms with Gasteiger partial charge < -0.3 is 10.0 Å². The first-order valence-electron chi connectivity index (χ1n) is 6.19. The summed E-state index contributed by atoms with van der Waals surface area (Å²) in [7, 11) is 0. The van der Waals surface area contributed by atoms with Gasteiger partial charge in [0.1, 0.15) is 5.38 Å². The molecule has 1 aliphatic carbocycles. The SMILES string of the molecule is C[C@H](Cl)C(=O)N1CC[C@H](O)[C@H](CC2CC2)C1. The van der Waals surface area contributed by atoms with Gasteiger partial charge in [0, 0.05) is 19.0 Å². The Morgan fingerprint density at radius 2 is 2.19 bits per heavy atom. The normalized spacial score (nSPS) is 32.6. The molecule has 1 aliphatic heterocycles. The molecule has 4 heteroatoms. The van der Waals surface area contributed by atoms with E-state index in [1.165, 1.54) is 12.8 Å². The Labute approximate surface area is 102 Å². The lowest BCUT2D eigenvalue weighted by Gasteiger charge is -2.37. The van der Waals surface area contributed by atoms with Crippen LogP contribution < -0.4 is 0 Å². The molecule has 0 bridgehead atoms. The number of amides is 1. The van der Waals surface area contributed by atoms with Gasteiger partial charge in [0.15, 0.2) is 0 Å². The van der Waals surface area contributed by atoms with Gasteiger partial charge >= 0.3 is 0 Å². The molecule has 2 aliphatic rings. The molecule has 3 nitrogen and oxygen atoms in total. The average molecular weight is 246 g/mol. The Morgan fingerprint density at radius 3 is 2.75 bits per heavy atom. The summed E-state index contributed by atoms with van der Waals surface area (Å²) in [5, 5.41) is 9.47. The van der Waals surface area contributed by atoms with Crippen LogP contribution in [0.3, 0.4) is 0 Å². The fourth-order valence-corrected chi connectivity index (χ4v) is 2.62. The first-order valence-corrected chi connectivity index (χ1v) is 6.62. The zero-order chi connectivity index (χ0) is 11.7. The van der Waals surface area contributed by atoms with Crippen molar-refractivity contribution in [3.05, 3.63) is 0 Å². The number of alkyl halides is 1. The summed E-state index contributed by atoms with van der Waals surface area (Å²) in [5.74, 6) is 1.07. The van der Waals surface area contributed by atoms with Crippen molar-refractivity contribution in [3.8, 4) is 0 Å². The van der Waals surface area contributed by atoms with Gasteiger partial charge in [-0.25, -0.2) is 0 Å². The van der Waals surface area contributed by atoms with Gasteiger partial charge in [-0.2, -0.15) is 0 Å². The zero-order valence-corrected chi connectivity index (χ0v) is 10.5. The maximum atomic E-state index is 11.8. The summed E-state index contributed by atoms with van der Waals surface area (Å²) in [4.78, 5) is 13.6. The Morgan fingerprint density at radius 1 is 1.50 bits per heavy atom. The van der Waals surface area contributed by atoms with E-state index in [0.717, 1.165) is 12.3 Å². The third-order valence-electron chi connectivity index (χ3n) is 3.68. The van der Waals surface area contributed by atoms with E-state index in [9.17, 15) is 9.90 Å². The second-order valence-corrected chi connectivity index (χ2v) is 5.85. The number of hydrogen-bond donors (Lipinski definition) is 1. The predicted molar refractivity (Wildman–Crippen MR) is 63.3 cm³/mol. The van der Waals surface area contributed by atoms with Crippen molar-refractivity contribution in [2.45, 2.75) is 44.1 Å². The first kappa shape index (κ1) is 12.2. The highest BCUT2D eigenvalue weighted by Gasteiger charge is 2.35. The fourth-order valence-electron chi connectivity index (χ4n) is 2.48. The minimum atomic E-state index is -0.447. The Hall–Kier alpha value is -0.280. The van der Waals surface area contributed by atoms with Crippen molar-refractivity contribution in [1.82, 2.24) is 4.90 Å². The van der Waals surface area contributed by atoms with Crippen LogP contribution in [-0.2, 0) is 4.79 Å². The molecule has 1 N–H and O–H groups in total. The molecule has 0 unspecified atom stereocenters. The van der Waals surface area contributed by atoms with Gasteiger partial charge in [0.25, 0.3) is 0 Å². The molecule has 3 atom stereocenters. The summed E-state index contributed by atoms with van der Waals surface area (Å²) in [5.41, 5.74) is 0. The number of carbonyl (C=O) groups is 1. The van der Waals surface area contributed by atoms with Crippen LogP contribution in [0, 0.1) is 11.8 Å². The van der Waals surface area contributed by atoms with Crippen molar-refractivity contribution in [1.29, 1.82) is 0 Å². The molecule has 0 aromatic rings. The van der Waals surface area contributed by atoms with E-state index in [4.69, 9.17) is 11.6 Å². The largest absolute Gasteiger partial charge is 0.393 e. The standard InChI is InChI=1S/C12H20ClNO2/c1-8(13)12(16)14-5-4-11(15)10(7-14)6-9-2-3-9/h8-11,15H,2-7H2,1H3/t8-,10+,11-/m0/s1. The Kier molecular flexibility index (Phi) is 3.75. The molecule has 1 saturated heterocycles. The minimum absolute atomic E-state index is 0.00867. The van der Waals surface area contributed by atoms with Crippen LogP contribution in [0.5, 0.6) is 0 Å². The highest BCUT2D eigenvalue weighted by Crippen LogP contribution is 2.37. The van der Waals surface area contributed by atoms with Crippen LogP contribution in [0.2, 0.25) is 0 Å². The molecule has 0 radical (unpaired) electrons. The van der Waals surface area contributed by atoms with Crippen LogP contribution in [0.25, 0.3) is 0 Å². The second kappa shape index (κ2) is 4.92. The molecular weight excluding hydrogens is 226 g/mol.